The van der Waals surface area contributed by atoms with E-state index in [1.165, 1.54) is 0 Å². The molecule has 0 aliphatic carbocycles. The van der Waals surface area contributed by atoms with E-state index in [2.05, 4.69) is 11.8 Å². The van der Waals surface area contributed by atoms with Gasteiger partial charge in [0.05, 0.1) is 5.56 Å². The van der Waals surface area contributed by atoms with Crippen LogP contribution in [0.15, 0.2) is 23.3 Å². The Labute approximate surface area is 64.5 Å². The molecular formula is C8H8N3+. The molecule has 0 radical (unpaired) electrons. The summed E-state index contributed by atoms with van der Waals surface area (Å²) in [6.45, 7) is 3.70. The second-order valence-electron chi connectivity index (χ2n) is 2.42. The number of anilines is 1. The summed E-state index contributed by atoms with van der Waals surface area (Å²) in [6, 6.07) is 5.68. The van der Waals surface area contributed by atoms with Crippen molar-refractivity contribution in [2.45, 2.75) is 0 Å². The molecule has 0 saturated carbocycles. The number of hydrazone groups is 1. The van der Waals surface area contributed by atoms with Crippen LogP contribution in [-0.4, -0.2) is 17.6 Å². The minimum absolute atomic E-state index is 0.748. The maximum absolute atomic E-state index is 5.69. The molecule has 11 heavy (non-hydrogen) atoms. The predicted octanol–water partition coefficient (Wildman–Crippen LogP) is 0.961. The van der Waals surface area contributed by atoms with Gasteiger partial charge in [-0.25, -0.2) is 0 Å². The first-order valence-electron chi connectivity index (χ1n) is 3.32. The highest BCUT2D eigenvalue weighted by atomic mass is 15.4. The molecule has 0 fully saturated rings. The van der Waals surface area contributed by atoms with Crippen LogP contribution in [0.5, 0.6) is 0 Å². The Balaban J connectivity index is 2.74. The van der Waals surface area contributed by atoms with E-state index in [1.807, 2.05) is 18.2 Å². The molecular weight excluding hydrogens is 138 g/mol. The number of nitrogen functional groups attached to an aromatic ring is 1. The van der Waals surface area contributed by atoms with Crippen LogP contribution in [0.1, 0.15) is 5.56 Å². The molecule has 3 nitrogen and oxygen atoms in total. The van der Waals surface area contributed by atoms with E-state index < -0.39 is 0 Å². The quantitative estimate of drug-likeness (QED) is 0.430. The smallest absolute Gasteiger partial charge is 0.248 e. The SMILES string of the molecule is C=[N+]1N=Cc2c(N)cccc21. The van der Waals surface area contributed by atoms with Gasteiger partial charge in [0.25, 0.3) is 0 Å². The van der Waals surface area contributed by atoms with Gasteiger partial charge in [-0.2, -0.15) is 0 Å². The van der Waals surface area contributed by atoms with Gasteiger partial charge in [-0.1, -0.05) is 10.8 Å². The van der Waals surface area contributed by atoms with Crippen LogP contribution in [0.2, 0.25) is 0 Å². The zero-order chi connectivity index (χ0) is 7.84. The molecule has 0 unspecified atom stereocenters. The topological polar surface area (TPSA) is 41.4 Å². The Morgan fingerprint density at radius 2 is 2.27 bits per heavy atom. The molecule has 1 aliphatic rings. The van der Waals surface area contributed by atoms with Crippen molar-refractivity contribution >= 4 is 24.3 Å². The molecule has 1 aromatic carbocycles. The standard InChI is InChI=1S/C8H8N3/c1-11-8-4-2-3-7(9)6(8)5-10-11/h2-5H,1,9H2/q+1. The van der Waals surface area contributed by atoms with Gasteiger partial charge in [0.1, 0.15) is 6.21 Å². The monoisotopic (exact) mass is 146 g/mol. The van der Waals surface area contributed by atoms with Gasteiger partial charge in [0.2, 0.25) is 5.69 Å². The third kappa shape index (κ3) is 0.741. The van der Waals surface area contributed by atoms with E-state index in [0.717, 1.165) is 16.9 Å². The van der Waals surface area contributed by atoms with Crippen LogP contribution in [0.25, 0.3) is 0 Å². The van der Waals surface area contributed by atoms with E-state index >= 15 is 0 Å². The van der Waals surface area contributed by atoms with Crippen molar-refractivity contribution < 1.29 is 4.68 Å². The molecule has 0 saturated heterocycles. The third-order valence-corrected chi connectivity index (χ3v) is 1.72. The third-order valence-electron chi connectivity index (χ3n) is 1.72. The van der Waals surface area contributed by atoms with Gasteiger partial charge in [-0.05, 0) is 11.2 Å². The Bertz CT molecular complexity index is 352. The van der Waals surface area contributed by atoms with Crippen molar-refractivity contribution in [1.82, 2.24) is 0 Å². The van der Waals surface area contributed by atoms with Crippen LogP contribution >= 0.6 is 0 Å². The number of rotatable bonds is 0. The molecule has 2 rings (SSSR count). The highest BCUT2D eigenvalue weighted by molar-refractivity contribution is 5.93. The van der Waals surface area contributed by atoms with E-state index in [-0.39, 0.29) is 0 Å². The number of nitrogens with zero attached hydrogens (tertiary/aromatic N) is 2. The van der Waals surface area contributed by atoms with Crippen molar-refractivity contribution in [2.24, 2.45) is 5.10 Å². The highest BCUT2D eigenvalue weighted by Crippen LogP contribution is 2.26. The molecule has 1 heterocycles. The van der Waals surface area contributed by atoms with Crippen LogP contribution < -0.4 is 5.73 Å². The average molecular weight is 146 g/mol. The van der Waals surface area contributed by atoms with Gasteiger partial charge in [0, 0.05) is 11.8 Å². The van der Waals surface area contributed by atoms with E-state index in [4.69, 9.17) is 5.73 Å². The number of fused-ring (bicyclic) bond motifs is 1. The lowest BCUT2D eigenvalue weighted by molar-refractivity contribution is -0.430. The van der Waals surface area contributed by atoms with Gasteiger partial charge in [-0.15, -0.1) is 0 Å². The van der Waals surface area contributed by atoms with Crippen LogP contribution in [-0.2, 0) is 0 Å². The second kappa shape index (κ2) is 1.92. The molecule has 0 bridgehead atoms. The summed E-state index contributed by atoms with van der Waals surface area (Å²) >= 11 is 0. The molecule has 0 atom stereocenters. The fraction of sp³-hybridized carbons (Fsp3) is 0. The van der Waals surface area contributed by atoms with Crippen molar-refractivity contribution in [2.75, 3.05) is 5.73 Å². The summed E-state index contributed by atoms with van der Waals surface area (Å²) in [5, 5.41) is 3.98. The first-order chi connectivity index (χ1) is 5.29. The fourth-order valence-electron chi connectivity index (χ4n) is 1.13. The van der Waals surface area contributed by atoms with Gasteiger partial charge in [-0.3, -0.25) is 0 Å². The summed E-state index contributed by atoms with van der Waals surface area (Å²) < 4.78 is 1.56. The summed E-state index contributed by atoms with van der Waals surface area (Å²) in [7, 11) is 0. The summed E-state index contributed by atoms with van der Waals surface area (Å²) in [5.41, 5.74) is 8.36. The Morgan fingerprint density at radius 1 is 1.45 bits per heavy atom. The highest BCUT2D eigenvalue weighted by Gasteiger charge is 2.19. The van der Waals surface area contributed by atoms with E-state index in [9.17, 15) is 0 Å². The first-order valence-corrected chi connectivity index (χ1v) is 3.32. The maximum Gasteiger partial charge on any atom is 0.248 e. The second-order valence-corrected chi connectivity index (χ2v) is 2.42. The lowest BCUT2D eigenvalue weighted by Gasteiger charge is -1.93. The Kier molecular flexibility index (Phi) is 1.06. The first kappa shape index (κ1) is 6.09. The molecule has 54 valence electrons. The van der Waals surface area contributed by atoms with Crippen molar-refractivity contribution in [3.63, 3.8) is 0 Å². The zero-order valence-corrected chi connectivity index (χ0v) is 5.99. The van der Waals surface area contributed by atoms with Crippen LogP contribution in [0.4, 0.5) is 11.4 Å². The van der Waals surface area contributed by atoms with Crippen LogP contribution in [0.3, 0.4) is 0 Å². The van der Waals surface area contributed by atoms with Crippen molar-refractivity contribution in [3.05, 3.63) is 23.8 Å². The zero-order valence-electron chi connectivity index (χ0n) is 5.99. The molecule has 1 aromatic rings. The predicted molar refractivity (Wildman–Crippen MR) is 45.5 cm³/mol. The molecule has 3 heteroatoms. The Hall–Kier alpha value is -1.64. The number of nitrogens with two attached hydrogens (primary N) is 1. The minimum atomic E-state index is 0.748. The minimum Gasteiger partial charge on any atom is -0.398 e. The van der Waals surface area contributed by atoms with Gasteiger partial charge >= 0.3 is 0 Å². The normalized spacial score (nSPS) is 13.6. The van der Waals surface area contributed by atoms with Crippen LogP contribution in [0, 0.1) is 0 Å². The molecule has 0 spiro atoms. The number of hydrogen-bond acceptors (Lipinski definition) is 2. The summed E-state index contributed by atoms with van der Waals surface area (Å²) in [4.78, 5) is 0. The van der Waals surface area contributed by atoms with Crippen molar-refractivity contribution in [1.29, 1.82) is 0 Å². The lowest BCUT2D eigenvalue weighted by atomic mass is 10.2. The summed E-state index contributed by atoms with van der Waals surface area (Å²) in [5.74, 6) is 0. The molecule has 2 N–H and O–H groups in total. The van der Waals surface area contributed by atoms with E-state index in [1.54, 1.807) is 10.9 Å². The summed E-state index contributed by atoms with van der Waals surface area (Å²) in [6.07, 6.45) is 1.72. The van der Waals surface area contributed by atoms with Gasteiger partial charge in [0.15, 0.2) is 6.72 Å². The van der Waals surface area contributed by atoms with Crippen molar-refractivity contribution in [3.8, 4) is 0 Å². The fourth-order valence-corrected chi connectivity index (χ4v) is 1.13. The number of hydrogen-bond donors (Lipinski definition) is 1. The number of benzene rings is 1. The van der Waals surface area contributed by atoms with E-state index in [0.29, 0.717) is 0 Å². The molecule has 1 aliphatic heterocycles. The molecule has 0 amide bonds. The van der Waals surface area contributed by atoms with Gasteiger partial charge < -0.3 is 5.73 Å². The molecule has 0 aromatic heterocycles. The Morgan fingerprint density at radius 3 is 3.00 bits per heavy atom. The lowest BCUT2D eigenvalue weighted by Crippen LogP contribution is -1.92. The average Bonchev–Trinajstić information content (AvgIpc) is 2.35. The largest absolute Gasteiger partial charge is 0.398 e. The maximum atomic E-state index is 5.69.